The molecular weight excluding hydrogens is 368 g/mol. The molecule has 4 rings (SSSR count). The Bertz CT molecular complexity index is 1100. The van der Waals surface area contributed by atoms with E-state index in [1.165, 1.54) is 4.90 Å². The number of carbonyl (C=O) groups is 2. The van der Waals surface area contributed by atoms with Crippen molar-refractivity contribution in [3.8, 4) is 11.3 Å². The van der Waals surface area contributed by atoms with E-state index in [2.05, 4.69) is 5.10 Å². The Kier molecular flexibility index (Phi) is 4.82. The molecule has 3 heterocycles. The van der Waals surface area contributed by atoms with Gasteiger partial charge in [0, 0.05) is 18.2 Å². The zero-order valence-electron chi connectivity index (χ0n) is 16.8. The first-order chi connectivity index (χ1) is 13.9. The molecule has 3 aromatic rings. The molecule has 0 unspecified atom stereocenters. The Labute approximate surface area is 169 Å². The predicted molar refractivity (Wildman–Crippen MR) is 110 cm³/mol. The summed E-state index contributed by atoms with van der Waals surface area (Å²) in [5.41, 5.74) is 3.77. The maximum absolute atomic E-state index is 13.4. The van der Waals surface area contributed by atoms with Crippen LogP contribution in [0, 0.1) is 6.92 Å². The van der Waals surface area contributed by atoms with Gasteiger partial charge in [0.2, 0.25) is 0 Å². The van der Waals surface area contributed by atoms with Crippen LogP contribution in [0.15, 0.2) is 36.5 Å². The minimum atomic E-state index is -0.960. The second kappa shape index (κ2) is 7.31. The summed E-state index contributed by atoms with van der Waals surface area (Å²) >= 11 is 0. The van der Waals surface area contributed by atoms with E-state index in [0.29, 0.717) is 41.7 Å². The number of hydrogen-bond acceptors (Lipinski definition) is 4. The van der Waals surface area contributed by atoms with E-state index in [-0.39, 0.29) is 11.9 Å². The van der Waals surface area contributed by atoms with Crippen LogP contribution in [-0.4, -0.2) is 49.2 Å². The molecule has 0 bridgehead atoms. The lowest BCUT2D eigenvalue weighted by atomic mass is 10.0. The van der Waals surface area contributed by atoms with Gasteiger partial charge in [-0.3, -0.25) is 4.79 Å². The molecule has 2 aromatic heterocycles. The third-order valence-corrected chi connectivity index (χ3v) is 5.51. The number of likely N-dealkylation sites (tertiary alicyclic amines) is 1. The molecule has 1 amide bonds. The van der Waals surface area contributed by atoms with Crippen molar-refractivity contribution in [3.05, 3.63) is 47.7 Å². The Morgan fingerprint density at radius 3 is 2.69 bits per heavy atom. The molecule has 0 aliphatic carbocycles. The standard InChI is InChI=1S/C22H24N4O3/c1-13(2)26-20-17(12-23-26)16(21(27)25-10-6-9-19(25)22(28)29)11-18(24-20)15-8-5-4-7-14(15)3/h4-5,7-8,11-13,19H,6,9-10H2,1-3H3,(H,28,29)/t19-/m1/s1. The molecule has 7 nitrogen and oxygen atoms in total. The van der Waals surface area contributed by atoms with E-state index in [9.17, 15) is 14.7 Å². The number of aliphatic carboxylic acids is 1. The molecule has 1 atom stereocenters. The summed E-state index contributed by atoms with van der Waals surface area (Å²) < 4.78 is 1.80. The molecule has 1 aliphatic heterocycles. The van der Waals surface area contributed by atoms with Gasteiger partial charge in [0.15, 0.2) is 5.65 Å². The Morgan fingerprint density at radius 2 is 2.00 bits per heavy atom. The zero-order valence-corrected chi connectivity index (χ0v) is 16.8. The topological polar surface area (TPSA) is 88.3 Å². The third kappa shape index (κ3) is 3.26. The number of carboxylic acids is 1. The van der Waals surface area contributed by atoms with Gasteiger partial charge in [-0.25, -0.2) is 14.5 Å². The van der Waals surface area contributed by atoms with E-state index in [0.717, 1.165) is 11.1 Å². The summed E-state index contributed by atoms with van der Waals surface area (Å²) in [7, 11) is 0. The molecule has 150 valence electrons. The smallest absolute Gasteiger partial charge is 0.326 e. The minimum absolute atomic E-state index is 0.0774. The number of nitrogens with zero attached hydrogens (tertiary/aromatic N) is 4. The van der Waals surface area contributed by atoms with Crippen molar-refractivity contribution in [1.82, 2.24) is 19.7 Å². The highest BCUT2D eigenvalue weighted by molar-refractivity contribution is 6.07. The monoisotopic (exact) mass is 392 g/mol. The van der Waals surface area contributed by atoms with Gasteiger partial charge < -0.3 is 10.0 Å². The van der Waals surface area contributed by atoms with Gasteiger partial charge in [0.25, 0.3) is 5.91 Å². The van der Waals surface area contributed by atoms with Crippen molar-refractivity contribution >= 4 is 22.9 Å². The lowest BCUT2D eigenvalue weighted by molar-refractivity contribution is -0.141. The SMILES string of the molecule is Cc1ccccc1-c1cc(C(=O)N2CCC[C@@H]2C(=O)O)c2cnn(C(C)C)c2n1. The fourth-order valence-electron chi connectivity index (χ4n) is 3.99. The third-order valence-electron chi connectivity index (χ3n) is 5.51. The quantitative estimate of drug-likeness (QED) is 0.732. The summed E-state index contributed by atoms with van der Waals surface area (Å²) in [6, 6.07) is 8.95. The minimum Gasteiger partial charge on any atom is -0.480 e. The maximum atomic E-state index is 13.4. The molecule has 29 heavy (non-hydrogen) atoms. The molecule has 1 aliphatic rings. The lowest BCUT2D eigenvalue weighted by Crippen LogP contribution is -2.40. The molecular formula is C22H24N4O3. The number of aryl methyl sites for hydroxylation is 1. The van der Waals surface area contributed by atoms with Gasteiger partial charge in [-0.15, -0.1) is 0 Å². The van der Waals surface area contributed by atoms with Crippen LogP contribution in [0.2, 0.25) is 0 Å². The second-order valence-corrected chi connectivity index (χ2v) is 7.78. The molecule has 7 heteroatoms. The number of aromatic nitrogens is 3. The van der Waals surface area contributed by atoms with Crippen LogP contribution in [0.1, 0.15) is 48.7 Å². The highest BCUT2D eigenvalue weighted by Crippen LogP contribution is 2.30. The first-order valence-corrected chi connectivity index (χ1v) is 9.86. The average molecular weight is 392 g/mol. The normalized spacial score (nSPS) is 16.7. The number of amides is 1. The Hall–Kier alpha value is -3.22. The van der Waals surface area contributed by atoms with Crippen LogP contribution in [-0.2, 0) is 4.79 Å². The molecule has 0 saturated carbocycles. The highest BCUT2D eigenvalue weighted by atomic mass is 16.4. The van der Waals surface area contributed by atoms with Crippen molar-refractivity contribution in [2.75, 3.05) is 6.54 Å². The van der Waals surface area contributed by atoms with Crippen LogP contribution >= 0.6 is 0 Å². The molecule has 1 N–H and O–H groups in total. The van der Waals surface area contributed by atoms with Crippen LogP contribution in [0.25, 0.3) is 22.3 Å². The lowest BCUT2D eigenvalue weighted by Gasteiger charge is -2.22. The van der Waals surface area contributed by atoms with Crippen LogP contribution in [0.5, 0.6) is 0 Å². The average Bonchev–Trinajstić information content (AvgIpc) is 3.34. The Balaban J connectivity index is 1.92. The van der Waals surface area contributed by atoms with E-state index < -0.39 is 12.0 Å². The number of fused-ring (bicyclic) bond motifs is 1. The molecule has 0 spiro atoms. The number of benzene rings is 1. The number of carbonyl (C=O) groups excluding carboxylic acids is 1. The van der Waals surface area contributed by atoms with Gasteiger partial charge in [0.1, 0.15) is 6.04 Å². The van der Waals surface area contributed by atoms with E-state index in [1.807, 2.05) is 45.0 Å². The van der Waals surface area contributed by atoms with E-state index >= 15 is 0 Å². The molecule has 0 radical (unpaired) electrons. The predicted octanol–water partition coefficient (Wildman–Crippen LogP) is 3.68. The zero-order chi connectivity index (χ0) is 20.7. The van der Waals surface area contributed by atoms with Crippen molar-refractivity contribution in [2.24, 2.45) is 0 Å². The first-order valence-electron chi connectivity index (χ1n) is 9.86. The van der Waals surface area contributed by atoms with Crippen molar-refractivity contribution in [2.45, 2.75) is 45.7 Å². The number of rotatable bonds is 4. The summed E-state index contributed by atoms with van der Waals surface area (Å²) in [4.78, 5) is 31.3. The van der Waals surface area contributed by atoms with Gasteiger partial charge in [-0.2, -0.15) is 5.10 Å². The van der Waals surface area contributed by atoms with Crippen LogP contribution < -0.4 is 0 Å². The summed E-state index contributed by atoms with van der Waals surface area (Å²) in [5, 5.41) is 14.6. The molecule has 1 aromatic carbocycles. The fourth-order valence-corrected chi connectivity index (χ4v) is 3.99. The van der Waals surface area contributed by atoms with Crippen LogP contribution in [0.4, 0.5) is 0 Å². The van der Waals surface area contributed by atoms with Crippen molar-refractivity contribution in [3.63, 3.8) is 0 Å². The largest absolute Gasteiger partial charge is 0.480 e. The van der Waals surface area contributed by atoms with Gasteiger partial charge in [-0.05, 0) is 45.2 Å². The van der Waals surface area contributed by atoms with E-state index in [4.69, 9.17) is 4.98 Å². The Morgan fingerprint density at radius 1 is 1.24 bits per heavy atom. The van der Waals surface area contributed by atoms with Gasteiger partial charge in [0.05, 0.1) is 22.8 Å². The van der Waals surface area contributed by atoms with Crippen molar-refractivity contribution < 1.29 is 14.7 Å². The molecule has 1 fully saturated rings. The van der Waals surface area contributed by atoms with E-state index in [1.54, 1.807) is 16.9 Å². The van der Waals surface area contributed by atoms with Crippen molar-refractivity contribution in [1.29, 1.82) is 0 Å². The van der Waals surface area contributed by atoms with Crippen LogP contribution in [0.3, 0.4) is 0 Å². The number of carboxylic acid groups (broad SMARTS) is 1. The maximum Gasteiger partial charge on any atom is 0.326 e. The second-order valence-electron chi connectivity index (χ2n) is 7.78. The first kappa shape index (κ1) is 19.1. The fraction of sp³-hybridized carbons (Fsp3) is 0.364. The summed E-state index contributed by atoms with van der Waals surface area (Å²) in [5.74, 6) is -1.24. The summed E-state index contributed by atoms with van der Waals surface area (Å²) in [6.45, 7) is 6.47. The number of pyridine rings is 1. The van der Waals surface area contributed by atoms with Gasteiger partial charge in [-0.1, -0.05) is 24.3 Å². The highest BCUT2D eigenvalue weighted by Gasteiger charge is 2.35. The summed E-state index contributed by atoms with van der Waals surface area (Å²) in [6.07, 6.45) is 2.82. The number of hydrogen-bond donors (Lipinski definition) is 1. The molecule has 1 saturated heterocycles. The van der Waals surface area contributed by atoms with Gasteiger partial charge >= 0.3 is 5.97 Å².